The third kappa shape index (κ3) is 4.32. The first kappa shape index (κ1) is 16.2. The molecule has 0 aliphatic heterocycles. The maximum atomic E-state index is 5.80. The average Bonchev–Trinajstić information content (AvgIpc) is 2.25. The Morgan fingerprint density at radius 2 is 1.63 bits per heavy atom. The van der Waals surface area contributed by atoms with Crippen LogP contribution in [0.15, 0.2) is 18.2 Å². The lowest BCUT2D eigenvalue weighted by atomic mass is 9.81. The van der Waals surface area contributed by atoms with E-state index in [0.717, 1.165) is 6.54 Å². The second-order valence-corrected chi connectivity index (χ2v) is 6.48. The zero-order chi connectivity index (χ0) is 14.6. The van der Waals surface area contributed by atoms with E-state index in [1.54, 1.807) is 0 Å². The Labute approximate surface area is 118 Å². The van der Waals surface area contributed by atoms with Crippen molar-refractivity contribution in [1.29, 1.82) is 0 Å². The molecule has 1 aromatic rings. The topological polar surface area (TPSA) is 21.3 Å². The first-order valence-corrected chi connectivity index (χ1v) is 7.14. The number of benzene rings is 1. The number of likely N-dealkylation sites (N-methyl/N-ethyl adjacent to an activating group) is 1. The monoisotopic (exact) mass is 263 g/mol. The summed E-state index contributed by atoms with van der Waals surface area (Å²) in [5.41, 5.74) is 4.03. The number of aryl methyl sites for hydroxylation is 2. The summed E-state index contributed by atoms with van der Waals surface area (Å²) in [7, 11) is 1.81. The van der Waals surface area contributed by atoms with E-state index in [9.17, 15) is 0 Å². The fourth-order valence-electron chi connectivity index (χ4n) is 2.80. The van der Waals surface area contributed by atoms with Gasteiger partial charge in [0, 0.05) is 7.11 Å². The summed E-state index contributed by atoms with van der Waals surface area (Å²) in [5.74, 6) is 0. The molecule has 0 bridgehead atoms. The van der Waals surface area contributed by atoms with Gasteiger partial charge in [0.1, 0.15) is 0 Å². The van der Waals surface area contributed by atoms with Gasteiger partial charge < -0.3 is 10.1 Å². The normalized spacial score (nSPS) is 15.3. The lowest BCUT2D eigenvalue weighted by molar-refractivity contribution is -0.0116. The van der Waals surface area contributed by atoms with Gasteiger partial charge in [0.2, 0.25) is 0 Å². The molecule has 0 aliphatic rings. The van der Waals surface area contributed by atoms with Crippen LogP contribution in [-0.4, -0.2) is 19.8 Å². The van der Waals surface area contributed by atoms with Crippen molar-refractivity contribution in [3.05, 3.63) is 34.9 Å². The lowest BCUT2D eigenvalue weighted by Gasteiger charge is -2.37. The first-order chi connectivity index (χ1) is 8.79. The third-order valence-corrected chi connectivity index (χ3v) is 3.44. The van der Waals surface area contributed by atoms with E-state index in [2.05, 4.69) is 65.1 Å². The third-order valence-electron chi connectivity index (χ3n) is 3.44. The molecular weight excluding hydrogens is 234 g/mol. The van der Waals surface area contributed by atoms with Gasteiger partial charge >= 0.3 is 0 Å². The Morgan fingerprint density at radius 3 is 2.00 bits per heavy atom. The number of methoxy groups -OCH3 is 1. The van der Waals surface area contributed by atoms with Crippen LogP contribution in [0.2, 0.25) is 0 Å². The van der Waals surface area contributed by atoms with Crippen LogP contribution >= 0.6 is 0 Å². The van der Waals surface area contributed by atoms with Gasteiger partial charge in [-0.05, 0) is 31.4 Å². The van der Waals surface area contributed by atoms with Crippen molar-refractivity contribution in [3.63, 3.8) is 0 Å². The van der Waals surface area contributed by atoms with Gasteiger partial charge in [-0.15, -0.1) is 0 Å². The standard InChI is InChI=1S/C17H29NO/c1-8-18-15(16(19-7)17(4,5)6)14-10-12(2)9-13(3)11-14/h9-11,15-16,18H,8H2,1-7H3. The Morgan fingerprint density at radius 1 is 1.11 bits per heavy atom. The molecule has 0 radical (unpaired) electrons. The van der Waals surface area contributed by atoms with Crippen molar-refractivity contribution >= 4 is 0 Å². The molecule has 0 saturated heterocycles. The van der Waals surface area contributed by atoms with Crippen molar-refractivity contribution in [2.75, 3.05) is 13.7 Å². The summed E-state index contributed by atoms with van der Waals surface area (Å²) in [6, 6.07) is 6.97. The molecule has 2 atom stereocenters. The van der Waals surface area contributed by atoms with E-state index >= 15 is 0 Å². The highest BCUT2D eigenvalue weighted by Gasteiger charge is 2.33. The van der Waals surface area contributed by atoms with E-state index in [0.29, 0.717) is 0 Å². The summed E-state index contributed by atoms with van der Waals surface area (Å²) in [4.78, 5) is 0. The first-order valence-electron chi connectivity index (χ1n) is 7.14. The molecule has 1 N–H and O–H groups in total. The summed E-state index contributed by atoms with van der Waals surface area (Å²) < 4.78 is 5.80. The molecule has 0 spiro atoms. The van der Waals surface area contributed by atoms with Crippen LogP contribution in [0.1, 0.15) is 50.4 Å². The fourth-order valence-corrected chi connectivity index (χ4v) is 2.80. The minimum atomic E-state index is 0.0965. The largest absolute Gasteiger partial charge is 0.379 e. The molecule has 1 aromatic carbocycles. The van der Waals surface area contributed by atoms with Crippen LogP contribution in [0.4, 0.5) is 0 Å². The highest BCUT2D eigenvalue weighted by Crippen LogP contribution is 2.33. The summed E-state index contributed by atoms with van der Waals surface area (Å²) in [5, 5.41) is 3.59. The van der Waals surface area contributed by atoms with E-state index in [4.69, 9.17) is 4.74 Å². The van der Waals surface area contributed by atoms with Crippen molar-refractivity contribution in [1.82, 2.24) is 5.32 Å². The molecule has 0 amide bonds. The molecule has 108 valence electrons. The smallest absolute Gasteiger partial charge is 0.0814 e. The Hall–Kier alpha value is -0.860. The zero-order valence-corrected chi connectivity index (χ0v) is 13.5. The molecule has 0 saturated carbocycles. The van der Waals surface area contributed by atoms with E-state index in [-0.39, 0.29) is 17.6 Å². The zero-order valence-electron chi connectivity index (χ0n) is 13.5. The van der Waals surface area contributed by atoms with Crippen LogP contribution in [0.5, 0.6) is 0 Å². The molecule has 2 unspecified atom stereocenters. The van der Waals surface area contributed by atoms with Gasteiger partial charge in [0.25, 0.3) is 0 Å². The fraction of sp³-hybridized carbons (Fsp3) is 0.647. The summed E-state index contributed by atoms with van der Waals surface area (Å²) >= 11 is 0. The van der Waals surface area contributed by atoms with Crippen molar-refractivity contribution in [3.8, 4) is 0 Å². The summed E-state index contributed by atoms with van der Waals surface area (Å²) in [6.07, 6.45) is 0.147. The minimum absolute atomic E-state index is 0.0965. The molecule has 19 heavy (non-hydrogen) atoms. The van der Waals surface area contributed by atoms with Crippen LogP contribution in [-0.2, 0) is 4.74 Å². The average molecular weight is 263 g/mol. The van der Waals surface area contributed by atoms with E-state index in [1.165, 1.54) is 16.7 Å². The van der Waals surface area contributed by atoms with Gasteiger partial charge in [0.15, 0.2) is 0 Å². The van der Waals surface area contributed by atoms with Gasteiger partial charge in [-0.2, -0.15) is 0 Å². The van der Waals surface area contributed by atoms with Crippen LogP contribution in [0.25, 0.3) is 0 Å². The van der Waals surface area contributed by atoms with Crippen LogP contribution < -0.4 is 5.32 Å². The number of hydrogen-bond donors (Lipinski definition) is 1. The summed E-state index contributed by atoms with van der Waals surface area (Å²) in [6.45, 7) is 14.1. The number of hydrogen-bond acceptors (Lipinski definition) is 2. The molecule has 2 heteroatoms. The Kier molecular flexibility index (Phi) is 5.57. The molecule has 0 aromatic heterocycles. The molecule has 0 aliphatic carbocycles. The molecule has 0 heterocycles. The Balaban J connectivity index is 3.18. The molecule has 1 rings (SSSR count). The maximum absolute atomic E-state index is 5.80. The van der Waals surface area contributed by atoms with Gasteiger partial charge in [0.05, 0.1) is 12.1 Å². The molecular formula is C17H29NO. The Bertz CT molecular complexity index is 386. The second-order valence-electron chi connectivity index (χ2n) is 6.48. The van der Waals surface area contributed by atoms with Gasteiger partial charge in [-0.1, -0.05) is 57.0 Å². The highest BCUT2D eigenvalue weighted by molar-refractivity contribution is 5.31. The lowest BCUT2D eigenvalue weighted by Crippen LogP contribution is -2.41. The number of rotatable bonds is 5. The maximum Gasteiger partial charge on any atom is 0.0814 e. The van der Waals surface area contributed by atoms with Crippen LogP contribution in [0.3, 0.4) is 0 Å². The SMILES string of the molecule is CCNC(c1cc(C)cc(C)c1)C(OC)C(C)(C)C. The minimum Gasteiger partial charge on any atom is -0.379 e. The highest BCUT2D eigenvalue weighted by atomic mass is 16.5. The van der Waals surface area contributed by atoms with E-state index in [1.807, 2.05) is 7.11 Å². The van der Waals surface area contributed by atoms with Crippen molar-refractivity contribution in [2.24, 2.45) is 5.41 Å². The predicted octanol–water partition coefficient (Wildman–Crippen LogP) is 4.02. The van der Waals surface area contributed by atoms with Crippen LogP contribution in [0, 0.1) is 19.3 Å². The van der Waals surface area contributed by atoms with E-state index < -0.39 is 0 Å². The van der Waals surface area contributed by atoms with Gasteiger partial charge in [-0.25, -0.2) is 0 Å². The van der Waals surface area contributed by atoms with Crippen molar-refractivity contribution in [2.45, 2.75) is 53.7 Å². The second kappa shape index (κ2) is 6.53. The van der Waals surface area contributed by atoms with Gasteiger partial charge in [-0.3, -0.25) is 0 Å². The number of ether oxygens (including phenoxy) is 1. The molecule has 0 fully saturated rings. The molecule has 2 nitrogen and oxygen atoms in total. The van der Waals surface area contributed by atoms with Crippen molar-refractivity contribution < 1.29 is 4.74 Å². The quantitative estimate of drug-likeness (QED) is 0.866. The number of nitrogens with one attached hydrogen (secondary N) is 1. The predicted molar refractivity (Wildman–Crippen MR) is 82.6 cm³/mol.